The molecule has 0 bridgehead atoms. The van der Waals surface area contributed by atoms with E-state index in [2.05, 4.69) is 4.98 Å². The van der Waals surface area contributed by atoms with Gasteiger partial charge in [0, 0.05) is 30.2 Å². The first kappa shape index (κ1) is 19.8. The number of hydrogen-bond acceptors (Lipinski definition) is 10. The summed E-state index contributed by atoms with van der Waals surface area (Å²) in [6.07, 6.45) is -5.31. The molecule has 0 heterocycles. The standard InChI is InChI=1S/C22H20N2O9/c1-7(25)32-20-15-13(19(30)21(22(20,3)31)33-8(2)26)12-14(16(15)24-23)18(29)11-9(17(12)28)5-4-6-10(11)27/h4-6,14,19-21,23,30-31H,1-3H3,(H,27,29)/p+1/t14?,19-,20+,21+,22+/m0/s1/i5D,6D. The quantitative estimate of drug-likeness (QED) is 0.292. The summed E-state index contributed by atoms with van der Waals surface area (Å²) in [5.74, 6) is -5.54. The van der Waals surface area contributed by atoms with Crippen LogP contribution in [0, 0.1) is 11.3 Å². The molecule has 172 valence electrons. The highest BCUT2D eigenvalue weighted by Crippen LogP contribution is 2.53. The number of aliphatic hydroxyl groups is 4. The van der Waals surface area contributed by atoms with Crippen LogP contribution in [0.4, 0.5) is 0 Å². The van der Waals surface area contributed by atoms with E-state index in [4.69, 9.17) is 12.2 Å². The van der Waals surface area contributed by atoms with E-state index in [0.717, 1.165) is 26.8 Å². The predicted molar refractivity (Wildman–Crippen MR) is 110 cm³/mol. The van der Waals surface area contributed by atoms with Crippen LogP contribution in [0.25, 0.3) is 16.5 Å². The van der Waals surface area contributed by atoms with Crippen LogP contribution in [-0.2, 0) is 19.1 Å². The number of ether oxygens (including phenoxy) is 2. The topological polar surface area (TPSA) is 182 Å². The number of aromatic hydroxyl groups is 1. The Morgan fingerprint density at radius 2 is 1.76 bits per heavy atom. The third-order valence-electron chi connectivity index (χ3n) is 5.99. The lowest BCUT2D eigenvalue weighted by atomic mass is 9.73. The highest BCUT2D eigenvalue weighted by atomic mass is 16.6. The molecule has 0 spiro atoms. The minimum Gasteiger partial charge on any atom is -0.510 e. The summed E-state index contributed by atoms with van der Waals surface area (Å²) >= 11 is 0. The molecular formula is C22H21N2O9+. The van der Waals surface area contributed by atoms with Gasteiger partial charge in [-0.3, -0.25) is 9.59 Å². The van der Waals surface area contributed by atoms with Crippen molar-refractivity contribution in [3.63, 3.8) is 0 Å². The number of benzene rings is 1. The van der Waals surface area contributed by atoms with Crippen molar-refractivity contribution in [2.24, 2.45) is 5.92 Å². The summed E-state index contributed by atoms with van der Waals surface area (Å²) in [4.78, 5) is 26.8. The van der Waals surface area contributed by atoms with Crippen LogP contribution >= 0.6 is 0 Å². The molecule has 1 unspecified atom stereocenters. The van der Waals surface area contributed by atoms with Crippen LogP contribution < -0.4 is 10.4 Å². The van der Waals surface area contributed by atoms with Gasteiger partial charge in [-0.25, -0.2) is 0 Å². The van der Waals surface area contributed by atoms with E-state index in [-0.39, 0.29) is 21.9 Å². The van der Waals surface area contributed by atoms with Crippen LogP contribution in [-0.4, -0.2) is 61.4 Å². The first-order valence-corrected chi connectivity index (χ1v) is 9.80. The number of carbonyl (C=O) groups excluding carboxylic acids is 2. The molecule has 0 aliphatic heterocycles. The van der Waals surface area contributed by atoms with Crippen molar-refractivity contribution in [3.05, 3.63) is 56.0 Å². The molecule has 5 atom stereocenters. The van der Waals surface area contributed by atoms with E-state index in [1.807, 2.05) is 0 Å². The second kappa shape index (κ2) is 7.33. The molecule has 11 nitrogen and oxygen atoms in total. The highest BCUT2D eigenvalue weighted by Gasteiger charge is 2.64. The number of rotatable bonds is 2. The molecule has 1 aromatic carbocycles. The molecule has 11 heteroatoms. The molecule has 1 fully saturated rings. The van der Waals surface area contributed by atoms with E-state index in [9.17, 15) is 40.5 Å². The Morgan fingerprint density at radius 3 is 2.33 bits per heavy atom. The number of phenolic OH excluding ortho intramolecular Hbond substituents is 1. The van der Waals surface area contributed by atoms with Crippen LogP contribution in [0.1, 0.15) is 23.5 Å². The second-order valence-corrected chi connectivity index (χ2v) is 8.11. The van der Waals surface area contributed by atoms with Crippen molar-refractivity contribution in [2.45, 2.75) is 44.7 Å². The molecule has 5 N–H and O–H groups in total. The van der Waals surface area contributed by atoms with Crippen molar-refractivity contribution in [3.8, 4) is 5.75 Å². The zero-order valence-electron chi connectivity index (χ0n) is 19.7. The van der Waals surface area contributed by atoms with E-state index >= 15 is 0 Å². The van der Waals surface area contributed by atoms with Gasteiger partial charge in [0.1, 0.15) is 29.0 Å². The lowest BCUT2D eigenvalue weighted by Crippen LogP contribution is -2.62. The number of nitrogens with zero attached hydrogens (tertiary/aromatic N) is 2. The zero-order valence-corrected chi connectivity index (χ0v) is 17.7. The maximum atomic E-state index is 11.9. The van der Waals surface area contributed by atoms with Gasteiger partial charge in [-0.05, 0) is 13.0 Å². The van der Waals surface area contributed by atoms with Crippen LogP contribution in [0.15, 0.2) is 40.6 Å². The maximum absolute atomic E-state index is 11.9. The lowest BCUT2D eigenvalue weighted by molar-refractivity contribution is -0.202. The Balaban J connectivity index is 2.18. The Bertz CT molecular complexity index is 1440. The fourth-order valence-corrected chi connectivity index (χ4v) is 4.74. The molecule has 0 aromatic heterocycles. The summed E-state index contributed by atoms with van der Waals surface area (Å²) in [5, 5.41) is 64.3. The number of hydrogen-bond donors (Lipinski definition) is 5. The fraction of sp³-hybridized carbons (Fsp3) is 0.364. The SMILES string of the molecule is [2H]c1cc([2H])c2c(c1O)=C(O)C1C([N+]#N)=C3C(=C1C=2O)[C@H](O)[C@@H](OC(C)=O)[C@](C)(O)[C@@H]3OC(C)=O. The third kappa shape index (κ3) is 2.99. The van der Waals surface area contributed by atoms with Gasteiger partial charge in [-0.2, -0.15) is 0 Å². The minimum absolute atomic E-state index is 0.268. The third-order valence-corrected chi connectivity index (χ3v) is 5.99. The van der Waals surface area contributed by atoms with Gasteiger partial charge in [-0.15, -0.1) is 0 Å². The predicted octanol–water partition coefficient (Wildman–Crippen LogP) is -0.239. The molecule has 1 saturated carbocycles. The Hall–Kier alpha value is -3.88. The number of esters is 2. The number of fused-ring (bicyclic) bond motifs is 3. The van der Waals surface area contributed by atoms with E-state index in [1.54, 1.807) is 0 Å². The van der Waals surface area contributed by atoms with Crippen molar-refractivity contribution >= 4 is 23.5 Å². The number of diazo groups is 1. The Morgan fingerprint density at radius 1 is 1.12 bits per heavy atom. The first-order valence-electron chi connectivity index (χ1n) is 10.8. The Labute approximate surface area is 189 Å². The molecule has 0 amide bonds. The molecule has 33 heavy (non-hydrogen) atoms. The second-order valence-electron chi connectivity index (χ2n) is 8.11. The van der Waals surface area contributed by atoms with Gasteiger partial charge in [0.25, 0.3) is 0 Å². The van der Waals surface area contributed by atoms with Crippen molar-refractivity contribution in [1.82, 2.24) is 0 Å². The normalized spacial score (nSPS) is 31.2. The molecule has 3 aliphatic rings. The fourth-order valence-electron chi connectivity index (χ4n) is 4.74. The van der Waals surface area contributed by atoms with E-state index in [1.165, 1.54) is 0 Å². The average Bonchev–Trinajstić information content (AvgIpc) is 3.10. The monoisotopic (exact) mass is 459 g/mol. The maximum Gasteiger partial charge on any atom is 0.384 e. The smallest absolute Gasteiger partial charge is 0.384 e. The summed E-state index contributed by atoms with van der Waals surface area (Å²) in [7, 11) is 0. The van der Waals surface area contributed by atoms with Crippen LogP contribution in [0.3, 0.4) is 0 Å². The van der Waals surface area contributed by atoms with Crippen LogP contribution in [0.5, 0.6) is 5.75 Å². The van der Waals surface area contributed by atoms with Gasteiger partial charge in [0.15, 0.2) is 23.1 Å². The highest BCUT2D eigenvalue weighted by molar-refractivity contribution is 5.81. The number of aliphatic hydroxyl groups excluding tert-OH is 3. The summed E-state index contributed by atoms with van der Waals surface area (Å²) in [6, 6.07) is -0.0416. The zero-order chi connectivity index (χ0) is 26.1. The van der Waals surface area contributed by atoms with Gasteiger partial charge in [-0.1, -0.05) is 12.1 Å². The van der Waals surface area contributed by atoms with Gasteiger partial charge < -0.3 is 35.0 Å². The van der Waals surface area contributed by atoms with E-state index < -0.39 is 82.0 Å². The average molecular weight is 459 g/mol. The first-order chi connectivity index (χ1) is 16.2. The summed E-state index contributed by atoms with van der Waals surface area (Å²) in [5.41, 5.74) is -3.53. The number of carbonyl (C=O) groups is 2. The largest absolute Gasteiger partial charge is 0.510 e. The molecular weight excluding hydrogens is 436 g/mol. The molecule has 1 aromatic rings. The van der Waals surface area contributed by atoms with Crippen molar-refractivity contribution in [1.29, 1.82) is 5.39 Å². The van der Waals surface area contributed by atoms with Crippen molar-refractivity contribution < 1.29 is 47.3 Å². The van der Waals surface area contributed by atoms with Crippen molar-refractivity contribution in [2.75, 3.05) is 0 Å². The number of phenols is 1. The molecule has 0 radical (unpaired) electrons. The summed E-state index contributed by atoms with van der Waals surface area (Å²) < 4.78 is 26.4. The van der Waals surface area contributed by atoms with Crippen LogP contribution in [0.2, 0.25) is 0 Å². The molecule has 0 saturated heterocycles. The lowest BCUT2D eigenvalue weighted by Gasteiger charge is -2.45. The summed E-state index contributed by atoms with van der Waals surface area (Å²) in [6.45, 7) is 3.16. The van der Waals surface area contributed by atoms with Gasteiger partial charge in [0.05, 0.1) is 13.5 Å². The van der Waals surface area contributed by atoms with Gasteiger partial charge >= 0.3 is 17.6 Å². The Kier molecular flexibility index (Phi) is 4.39. The van der Waals surface area contributed by atoms with E-state index in [0.29, 0.717) is 0 Å². The molecule has 4 rings (SSSR count). The molecule has 3 aliphatic carbocycles. The van der Waals surface area contributed by atoms with Gasteiger partial charge in [0.2, 0.25) is 5.39 Å². The minimum atomic E-state index is -2.27.